The molecular formula is C61H64N6O9S2. The van der Waals surface area contributed by atoms with E-state index in [1.807, 2.05) is 69.5 Å². The van der Waals surface area contributed by atoms with Crippen LogP contribution in [0.2, 0.25) is 0 Å². The van der Waals surface area contributed by atoms with Gasteiger partial charge in [-0.25, -0.2) is 0 Å². The number of para-hydroxylation sites is 2. The molecule has 2 unspecified atom stereocenters. The average Bonchev–Trinajstić information content (AvgIpc) is 4.19. The molecule has 6 heterocycles. The molecule has 5 aromatic carbocycles. The second kappa shape index (κ2) is 22.5. The number of thioether (sulfide) groups is 2. The Hall–Kier alpha value is -7.50. The van der Waals surface area contributed by atoms with E-state index in [1.165, 1.54) is 11.8 Å². The predicted molar refractivity (Wildman–Crippen MR) is 307 cm³/mol. The number of ether oxygens (including phenoxy) is 4. The Morgan fingerprint density at radius 2 is 1.36 bits per heavy atom. The lowest BCUT2D eigenvalue weighted by atomic mass is 10.1. The fraction of sp³-hybridized carbons (Fsp3) is 0.344. The number of nitrogens with zero attached hydrogens (tertiary/aromatic N) is 5. The van der Waals surface area contributed by atoms with Crippen LogP contribution in [-0.2, 0) is 43.1 Å². The second-order valence-electron chi connectivity index (χ2n) is 21.0. The molecule has 5 aliphatic heterocycles. The van der Waals surface area contributed by atoms with E-state index in [9.17, 15) is 24.6 Å². The Balaban J connectivity index is 0.791. The van der Waals surface area contributed by atoms with Crippen LogP contribution < -0.4 is 34.1 Å². The maximum absolute atomic E-state index is 14.2. The number of anilines is 3. The molecule has 3 N–H and O–H groups in total. The molecule has 0 spiro atoms. The van der Waals surface area contributed by atoms with Gasteiger partial charge in [-0.05, 0) is 91.3 Å². The van der Waals surface area contributed by atoms with Gasteiger partial charge in [-0.2, -0.15) is 11.8 Å². The van der Waals surface area contributed by atoms with E-state index < -0.39 is 0 Å². The van der Waals surface area contributed by atoms with Crippen LogP contribution in [0.3, 0.4) is 0 Å². The molecule has 0 bridgehead atoms. The molecule has 5 aliphatic rings. The quantitative estimate of drug-likeness (QED) is 0.0462. The summed E-state index contributed by atoms with van der Waals surface area (Å²) in [5, 5.41) is 25.7. The van der Waals surface area contributed by atoms with E-state index in [0.717, 1.165) is 83.6 Å². The van der Waals surface area contributed by atoms with Gasteiger partial charge in [0.1, 0.15) is 13.2 Å². The monoisotopic (exact) mass is 1090 g/mol. The minimum atomic E-state index is -0.323. The molecule has 0 saturated heterocycles. The van der Waals surface area contributed by atoms with Crippen molar-refractivity contribution in [2.45, 2.75) is 99.6 Å². The zero-order valence-corrected chi connectivity index (χ0v) is 46.0. The first-order valence-electron chi connectivity index (χ1n) is 26.6. The third kappa shape index (κ3) is 10.9. The number of nitrogens with one attached hydrogen (secondary N) is 1. The zero-order valence-electron chi connectivity index (χ0n) is 44.3. The molecular weight excluding hydrogens is 1020 g/mol. The summed E-state index contributed by atoms with van der Waals surface area (Å²) in [5.74, 6) is 3.14. The number of amides is 3. The molecule has 1 aromatic heterocycles. The van der Waals surface area contributed by atoms with Gasteiger partial charge < -0.3 is 44.3 Å². The molecule has 0 fully saturated rings. The number of aromatic nitrogens is 1. The number of methoxy groups -OCH3 is 2. The van der Waals surface area contributed by atoms with Crippen LogP contribution >= 0.6 is 23.5 Å². The number of fused-ring (bicyclic) bond motifs is 8. The van der Waals surface area contributed by atoms with Crippen molar-refractivity contribution in [1.29, 1.82) is 0 Å². The Morgan fingerprint density at radius 1 is 0.718 bits per heavy atom. The Labute approximate surface area is 463 Å². The first-order chi connectivity index (χ1) is 37.8. The normalized spacial score (nSPS) is 17.0. The summed E-state index contributed by atoms with van der Waals surface area (Å²) in [6.07, 6.45) is 10.4. The van der Waals surface area contributed by atoms with Crippen LogP contribution in [0.1, 0.15) is 88.1 Å². The molecule has 3 amide bonds. The summed E-state index contributed by atoms with van der Waals surface area (Å²) in [6.45, 7) is 7.13. The summed E-state index contributed by atoms with van der Waals surface area (Å²) in [4.78, 5) is 51.2. The summed E-state index contributed by atoms with van der Waals surface area (Å²) in [5.41, 5.74) is 9.07. The molecule has 2 atom stereocenters. The summed E-state index contributed by atoms with van der Waals surface area (Å²) in [7, 11) is 3.14. The molecule has 6 aromatic rings. The lowest BCUT2D eigenvalue weighted by Gasteiger charge is -2.23. The third-order valence-corrected chi connectivity index (χ3v) is 17.8. The molecule has 15 nitrogen and oxygen atoms in total. The number of aromatic hydroxyl groups is 2. The van der Waals surface area contributed by atoms with Crippen LogP contribution in [0.25, 0.3) is 0 Å². The van der Waals surface area contributed by atoms with E-state index in [2.05, 4.69) is 49.5 Å². The van der Waals surface area contributed by atoms with Crippen molar-refractivity contribution in [3.63, 3.8) is 0 Å². The highest BCUT2D eigenvalue weighted by molar-refractivity contribution is 8.03. The zero-order chi connectivity index (χ0) is 54.1. The Bertz CT molecular complexity index is 3350. The summed E-state index contributed by atoms with van der Waals surface area (Å²) < 4.78 is 26.1. The van der Waals surface area contributed by atoms with Gasteiger partial charge in [0.25, 0.3) is 11.8 Å². The van der Waals surface area contributed by atoms with Crippen LogP contribution in [0.5, 0.6) is 34.8 Å². The van der Waals surface area contributed by atoms with Gasteiger partial charge in [0.2, 0.25) is 11.8 Å². The first-order valence-corrected chi connectivity index (χ1v) is 28.6. The molecule has 78 heavy (non-hydrogen) atoms. The number of hydrogen-bond donors (Lipinski definition) is 3. The van der Waals surface area contributed by atoms with Crippen LogP contribution in [0, 0.1) is 0 Å². The maximum Gasteiger partial charge on any atom is 0.261 e. The minimum absolute atomic E-state index is 0.0167. The van der Waals surface area contributed by atoms with Gasteiger partial charge in [0.05, 0.1) is 53.7 Å². The fourth-order valence-corrected chi connectivity index (χ4v) is 13.6. The lowest BCUT2D eigenvalue weighted by Crippen LogP contribution is -2.39. The van der Waals surface area contributed by atoms with Gasteiger partial charge in [-0.1, -0.05) is 67.4 Å². The number of rotatable bonds is 21. The minimum Gasteiger partial charge on any atom is -0.494 e. The topological polar surface area (TPSA) is 168 Å². The van der Waals surface area contributed by atoms with E-state index in [0.29, 0.717) is 82.2 Å². The van der Waals surface area contributed by atoms with Crippen molar-refractivity contribution < 1.29 is 43.5 Å². The standard InChI is InChI=1S/C61H64N6O9S2/c1-61(2,78-55-31-57(69)65(60(55)72)21-12-6-5-11-19-64-20-13-18-56(64)68)37-77-36-40-23-38(34-75-53-29-47-45(27-51(53)73-3)58(70)66-43(32-62-47)25-41-14-7-9-16-49(41)66)22-39(24-40)35-76-54-30-48-46(28-52(54)74-4)59(71)67-44(33-63-48)26-42-15-8-10-17-50(42)67/h7-10,13-18,22-24,27-32,43-44,63,69,72H,5-6,11-12,19-21,25-26,33-37H2,1-4H3. The second-order valence-corrected chi connectivity index (χ2v) is 23.7. The van der Waals surface area contributed by atoms with Gasteiger partial charge >= 0.3 is 0 Å². The molecule has 0 aliphatic carbocycles. The van der Waals surface area contributed by atoms with Gasteiger partial charge in [-0.15, -0.1) is 11.8 Å². The number of unbranched alkanes of at least 4 members (excludes halogenated alkanes) is 3. The fourth-order valence-electron chi connectivity index (χ4n) is 11.2. The van der Waals surface area contributed by atoms with Crippen LogP contribution in [0.15, 0.2) is 119 Å². The van der Waals surface area contributed by atoms with Crippen LogP contribution in [-0.4, -0.2) is 100 Å². The van der Waals surface area contributed by atoms with E-state index in [4.69, 9.17) is 23.9 Å². The van der Waals surface area contributed by atoms with Gasteiger partial charge in [0.15, 0.2) is 28.9 Å². The number of aliphatic imine (C=N–C) groups is 1. The smallest absolute Gasteiger partial charge is 0.261 e. The van der Waals surface area contributed by atoms with E-state index >= 15 is 0 Å². The van der Waals surface area contributed by atoms with Gasteiger partial charge in [0, 0.05) is 90.7 Å². The molecule has 0 saturated carbocycles. The largest absolute Gasteiger partial charge is 0.494 e. The molecule has 11 rings (SSSR count). The van der Waals surface area contributed by atoms with Crippen LogP contribution in [0.4, 0.5) is 22.7 Å². The highest BCUT2D eigenvalue weighted by Gasteiger charge is 2.39. The van der Waals surface area contributed by atoms with Crippen molar-refractivity contribution in [2.24, 2.45) is 4.99 Å². The summed E-state index contributed by atoms with van der Waals surface area (Å²) >= 11 is 3.29. The van der Waals surface area contributed by atoms with E-state index in [-0.39, 0.29) is 59.5 Å². The number of carbonyl (C=O) groups excluding carboxylic acids is 3. The maximum atomic E-state index is 14.2. The first kappa shape index (κ1) is 52.5. The Kier molecular flexibility index (Phi) is 15.1. The SMILES string of the molecule is COc1cc2c(cc1OCc1cc(COc3cc4c(cc3OC)C(=O)N3c5ccccc5CC3CN4)cc(CSCC(C)(C)Sc3cc(O)n(CCCCCCN4CC=CC4=O)c3O)c1)N=CC1Cc3ccccc3N1C2=O. The van der Waals surface area contributed by atoms with Crippen molar-refractivity contribution in [1.82, 2.24) is 9.47 Å². The van der Waals surface area contributed by atoms with E-state index in [1.54, 1.807) is 60.9 Å². The van der Waals surface area contributed by atoms with Crippen molar-refractivity contribution in [2.75, 3.05) is 54.7 Å². The highest BCUT2D eigenvalue weighted by Crippen LogP contribution is 2.45. The number of carbonyl (C=O) groups is 3. The van der Waals surface area contributed by atoms with Crippen molar-refractivity contribution in [3.05, 3.63) is 148 Å². The predicted octanol–water partition coefficient (Wildman–Crippen LogP) is 11.1. The van der Waals surface area contributed by atoms with Crippen molar-refractivity contribution in [3.8, 4) is 34.8 Å². The average molecular weight is 1090 g/mol. The molecule has 404 valence electrons. The highest BCUT2D eigenvalue weighted by atomic mass is 32.2. The van der Waals surface area contributed by atoms with Crippen molar-refractivity contribution >= 4 is 70.2 Å². The molecule has 17 heteroatoms. The number of benzene rings is 5. The molecule has 0 radical (unpaired) electrons. The lowest BCUT2D eigenvalue weighted by molar-refractivity contribution is -0.124. The third-order valence-electron chi connectivity index (χ3n) is 15.0. The summed E-state index contributed by atoms with van der Waals surface area (Å²) in [6, 6.07) is 30.9. The van der Waals surface area contributed by atoms with Gasteiger partial charge in [-0.3, -0.25) is 28.8 Å². The number of hydrogen-bond acceptors (Lipinski definition) is 13. The Morgan fingerprint density at radius 3 is 2.06 bits per heavy atom.